The van der Waals surface area contributed by atoms with Crippen molar-refractivity contribution >= 4 is 11.9 Å². The fourth-order valence-corrected chi connectivity index (χ4v) is 7.84. The molecular formula is C35H59NO27. The third-order valence-corrected chi connectivity index (χ3v) is 11.6. The number of aliphatic carboxylic acids is 1. The Labute approximate surface area is 357 Å². The smallest absolute Gasteiger partial charge is 0.364 e. The SMILES string of the molecule is CC(=O)N[C@@H]1[C@@H](O[C@H]2O[C@H](CO)[C@H](O)[C@H](O)[C@H]2O[C@@H]2O[C@@H](C)[C@@H](O)[C@@H](O)[C@@H]2O)[C@@H](O)[C@@H](CO[C@]2(C(=O)O)C[C@H](O[C@@H]3O[C@@H](C)[C@@H](O)[C@@H](O)[C@@H]3O)[C@@H](O)[C@H]([C@H](O)[C@H](O)CO)O2)O[C@@H]1O. The van der Waals surface area contributed by atoms with Crippen molar-refractivity contribution in [2.45, 2.75) is 186 Å². The van der Waals surface area contributed by atoms with Gasteiger partial charge in [-0.25, -0.2) is 4.79 Å². The van der Waals surface area contributed by atoms with Crippen LogP contribution < -0.4 is 5.32 Å². The van der Waals surface area contributed by atoms with Gasteiger partial charge in [-0.15, -0.1) is 0 Å². The van der Waals surface area contributed by atoms with Crippen molar-refractivity contribution in [3.63, 3.8) is 0 Å². The molecule has 0 aromatic carbocycles. The van der Waals surface area contributed by atoms with Crippen LogP contribution in [-0.2, 0) is 52.2 Å². The topological polar surface area (TPSA) is 453 Å². The number of carboxylic acids is 1. The van der Waals surface area contributed by atoms with Crippen LogP contribution in [0, 0.1) is 0 Å². The minimum atomic E-state index is -3.07. The van der Waals surface area contributed by atoms with Crippen molar-refractivity contribution in [1.29, 1.82) is 0 Å². The van der Waals surface area contributed by atoms with Crippen molar-refractivity contribution in [1.82, 2.24) is 5.32 Å². The molecule has 0 aliphatic carbocycles. The molecule has 5 aliphatic rings. The molecule has 0 aromatic heterocycles. The van der Waals surface area contributed by atoms with E-state index in [1.54, 1.807) is 0 Å². The third kappa shape index (κ3) is 10.9. The standard InChI is InChI=1S/C35H59NO27/c1-8-16(41)22(47)25(50)31(56-8)59-12-4-35(34(53)54,63-28(20(12)45)18(43)11(40)5-37)55-7-14-21(46)27(15(30(52)58-14)36-10(3)39)61-33-29(24(49)19(44)13(6-38)60-33)62-32-26(51)23(48)17(42)9(2)57-32/h8-9,11-33,37-38,40-52H,4-7H2,1-3H3,(H,36,39)(H,53,54)/t8-,9-,11+,12-,13+,14+,15+,16+,17+,18+,19-,20+,21-,22+,23+,24-,25-,26-,27+,28-,29+,30-,31-,32-,33+,35+/m0/s1. The molecule has 5 aliphatic heterocycles. The molecular weight excluding hydrogens is 866 g/mol. The van der Waals surface area contributed by atoms with Gasteiger partial charge in [-0.1, -0.05) is 0 Å². The van der Waals surface area contributed by atoms with Crippen LogP contribution >= 0.6 is 0 Å². The summed E-state index contributed by atoms with van der Waals surface area (Å²) in [6.07, 6.45) is -46.1. The molecule has 5 saturated heterocycles. The lowest BCUT2D eigenvalue weighted by Crippen LogP contribution is -2.69. The Kier molecular flexibility index (Phi) is 17.6. The summed E-state index contributed by atoms with van der Waals surface area (Å²) in [6.45, 7) is 0.400. The quantitative estimate of drug-likeness (QED) is 0.0725. The molecule has 0 saturated carbocycles. The lowest BCUT2D eigenvalue weighted by atomic mass is 9.90. The lowest BCUT2D eigenvalue weighted by molar-refractivity contribution is -0.383. The van der Waals surface area contributed by atoms with Gasteiger partial charge in [0.05, 0.1) is 38.1 Å². The van der Waals surface area contributed by atoms with Gasteiger partial charge in [-0.2, -0.15) is 0 Å². The Bertz CT molecular complexity index is 1500. The molecule has 0 unspecified atom stereocenters. The summed E-state index contributed by atoms with van der Waals surface area (Å²) in [4.78, 5) is 25.3. The largest absolute Gasteiger partial charge is 0.477 e. The van der Waals surface area contributed by atoms with Gasteiger partial charge in [-0.05, 0) is 13.8 Å². The molecule has 0 bridgehead atoms. The molecule has 28 heteroatoms. The highest BCUT2D eigenvalue weighted by Crippen LogP contribution is 2.38. The molecule has 63 heavy (non-hydrogen) atoms. The van der Waals surface area contributed by atoms with Crippen LogP contribution in [-0.4, -0.2) is 272 Å². The highest BCUT2D eigenvalue weighted by atomic mass is 16.8. The molecule has 0 spiro atoms. The summed E-state index contributed by atoms with van der Waals surface area (Å²) in [5.41, 5.74) is 0. The molecule has 5 heterocycles. The Hall–Kier alpha value is -2.02. The highest BCUT2D eigenvalue weighted by Gasteiger charge is 2.59. The number of ether oxygens (including phenoxy) is 9. The molecule has 26 atom stereocenters. The minimum Gasteiger partial charge on any atom is -0.477 e. The zero-order valence-corrected chi connectivity index (χ0v) is 33.9. The number of nitrogens with one attached hydrogen (secondary N) is 1. The fourth-order valence-electron chi connectivity index (χ4n) is 7.84. The number of carboxylic acid groups (broad SMARTS) is 1. The maximum absolute atomic E-state index is 13.0. The van der Waals surface area contributed by atoms with Crippen molar-refractivity contribution in [2.24, 2.45) is 0 Å². The van der Waals surface area contributed by atoms with E-state index in [-0.39, 0.29) is 0 Å². The number of rotatable bonds is 15. The van der Waals surface area contributed by atoms with Gasteiger partial charge in [0.2, 0.25) is 5.91 Å². The van der Waals surface area contributed by atoms with Gasteiger partial charge in [0.15, 0.2) is 25.2 Å². The Morgan fingerprint density at radius 1 is 0.667 bits per heavy atom. The van der Waals surface area contributed by atoms with E-state index in [9.17, 15) is 91.3 Å². The lowest BCUT2D eigenvalue weighted by Gasteiger charge is -2.50. The summed E-state index contributed by atoms with van der Waals surface area (Å²) >= 11 is 0. The van der Waals surface area contributed by atoms with Gasteiger partial charge in [0, 0.05) is 13.3 Å². The van der Waals surface area contributed by atoms with Gasteiger partial charge >= 0.3 is 5.97 Å². The van der Waals surface area contributed by atoms with E-state index in [1.165, 1.54) is 13.8 Å². The molecule has 5 fully saturated rings. The Morgan fingerprint density at radius 2 is 1.22 bits per heavy atom. The molecule has 5 rings (SSSR count). The summed E-state index contributed by atoms with van der Waals surface area (Å²) in [5.74, 6) is -5.90. The van der Waals surface area contributed by atoms with E-state index < -0.39 is 197 Å². The van der Waals surface area contributed by atoms with Crippen LogP contribution in [0.4, 0.5) is 0 Å². The maximum atomic E-state index is 13.0. The Morgan fingerprint density at radius 3 is 1.75 bits per heavy atom. The summed E-state index contributed by atoms with van der Waals surface area (Å²) in [7, 11) is 0. The third-order valence-electron chi connectivity index (χ3n) is 11.6. The van der Waals surface area contributed by atoms with E-state index in [1.807, 2.05) is 0 Å². The van der Waals surface area contributed by atoms with E-state index >= 15 is 0 Å². The van der Waals surface area contributed by atoms with Gasteiger partial charge in [0.25, 0.3) is 5.79 Å². The van der Waals surface area contributed by atoms with Crippen molar-refractivity contribution in [2.75, 3.05) is 19.8 Å². The number of carbonyl (C=O) groups excluding carboxylic acids is 1. The zero-order chi connectivity index (χ0) is 47.0. The average molecular weight is 926 g/mol. The number of amides is 1. The fraction of sp³-hybridized carbons (Fsp3) is 0.943. The average Bonchev–Trinajstić information content (AvgIpc) is 3.24. The van der Waals surface area contributed by atoms with Crippen LogP contribution in [0.25, 0.3) is 0 Å². The van der Waals surface area contributed by atoms with Crippen LogP contribution in [0.1, 0.15) is 27.2 Å². The first-order chi connectivity index (χ1) is 29.5. The van der Waals surface area contributed by atoms with Crippen LogP contribution in [0.3, 0.4) is 0 Å². The van der Waals surface area contributed by atoms with Gasteiger partial charge in [-0.3, -0.25) is 4.79 Å². The first-order valence-corrected chi connectivity index (χ1v) is 19.9. The van der Waals surface area contributed by atoms with Crippen molar-refractivity contribution in [3.05, 3.63) is 0 Å². The van der Waals surface area contributed by atoms with Crippen molar-refractivity contribution < 1.29 is 134 Å². The van der Waals surface area contributed by atoms with E-state index in [2.05, 4.69) is 5.32 Å². The maximum Gasteiger partial charge on any atom is 0.364 e. The number of carbonyl (C=O) groups is 2. The second-order valence-corrected chi connectivity index (χ2v) is 16.1. The van der Waals surface area contributed by atoms with E-state index in [0.717, 1.165) is 6.92 Å². The monoisotopic (exact) mass is 925 g/mol. The second kappa shape index (κ2) is 21.3. The summed E-state index contributed by atoms with van der Waals surface area (Å²) in [6, 6.07) is -1.74. The van der Waals surface area contributed by atoms with Gasteiger partial charge < -0.3 is 130 Å². The minimum absolute atomic E-state index is 0.831. The summed E-state index contributed by atoms with van der Waals surface area (Å²) in [5, 5.41) is 171. The number of hydrogen-bond acceptors (Lipinski definition) is 26. The number of hydrogen-bond donors (Lipinski definition) is 17. The van der Waals surface area contributed by atoms with Crippen LogP contribution in [0.5, 0.6) is 0 Å². The molecule has 0 radical (unpaired) electrons. The zero-order valence-electron chi connectivity index (χ0n) is 33.9. The number of aliphatic hydroxyl groups is 15. The normalized spacial score (nSPS) is 49.5. The summed E-state index contributed by atoms with van der Waals surface area (Å²) < 4.78 is 50.5. The molecule has 17 N–H and O–H groups in total. The molecule has 366 valence electrons. The van der Waals surface area contributed by atoms with Gasteiger partial charge in [0.1, 0.15) is 110 Å². The van der Waals surface area contributed by atoms with Crippen molar-refractivity contribution in [3.8, 4) is 0 Å². The second-order valence-electron chi connectivity index (χ2n) is 16.1. The number of aliphatic hydroxyl groups excluding tert-OH is 15. The Balaban J connectivity index is 1.43. The first-order valence-electron chi connectivity index (χ1n) is 19.9. The molecule has 1 amide bonds. The van der Waals surface area contributed by atoms with E-state index in [4.69, 9.17) is 42.6 Å². The van der Waals surface area contributed by atoms with Crippen LogP contribution in [0.15, 0.2) is 0 Å². The first kappa shape index (κ1) is 52.0. The molecule has 28 nitrogen and oxygen atoms in total. The highest BCUT2D eigenvalue weighted by molar-refractivity contribution is 5.76. The predicted octanol–water partition coefficient (Wildman–Crippen LogP) is -10.5. The van der Waals surface area contributed by atoms with Crippen LogP contribution in [0.2, 0.25) is 0 Å². The molecule has 0 aromatic rings. The predicted molar refractivity (Wildman–Crippen MR) is 192 cm³/mol. The van der Waals surface area contributed by atoms with E-state index in [0.29, 0.717) is 0 Å².